The van der Waals surface area contributed by atoms with Crippen LogP contribution in [-0.4, -0.2) is 13.2 Å². The topological polar surface area (TPSA) is 50.4 Å². The van der Waals surface area contributed by atoms with Gasteiger partial charge in [-0.05, 0) is 48.4 Å². The smallest absolute Gasteiger partial charge is 0.411 e. The summed E-state index contributed by atoms with van der Waals surface area (Å²) >= 11 is 0. The average molecular weight is 288 g/mol. The number of ether oxygens (including phenoxy) is 1. The molecule has 110 valence electrons. The van der Waals surface area contributed by atoms with E-state index in [0.717, 1.165) is 16.8 Å². The van der Waals surface area contributed by atoms with Gasteiger partial charge in [-0.2, -0.15) is 0 Å². The molecule has 2 N–H and O–H groups in total. The number of aryl methyl sites for hydroxylation is 1. The maximum absolute atomic E-state index is 13.0. The van der Waals surface area contributed by atoms with E-state index >= 15 is 0 Å². The molecule has 21 heavy (non-hydrogen) atoms. The van der Waals surface area contributed by atoms with Crippen LogP contribution < -0.4 is 10.6 Å². The Hall–Kier alpha value is -2.56. The fraction of sp³-hybridized carbons (Fsp3) is 0.188. The van der Waals surface area contributed by atoms with Crippen molar-refractivity contribution in [2.24, 2.45) is 0 Å². The van der Waals surface area contributed by atoms with E-state index in [9.17, 15) is 9.18 Å². The highest BCUT2D eigenvalue weighted by atomic mass is 19.1. The van der Waals surface area contributed by atoms with Crippen molar-refractivity contribution in [1.82, 2.24) is 0 Å². The van der Waals surface area contributed by atoms with Gasteiger partial charge in [-0.25, -0.2) is 9.18 Å². The Kier molecular flexibility index (Phi) is 4.77. The van der Waals surface area contributed by atoms with Crippen LogP contribution in [0.25, 0.3) is 0 Å². The monoisotopic (exact) mass is 288 g/mol. The van der Waals surface area contributed by atoms with E-state index in [-0.39, 0.29) is 5.82 Å². The van der Waals surface area contributed by atoms with E-state index in [1.54, 1.807) is 18.2 Å². The third-order valence-corrected chi connectivity index (χ3v) is 3.08. The van der Waals surface area contributed by atoms with E-state index < -0.39 is 6.09 Å². The summed E-state index contributed by atoms with van der Waals surface area (Å²) in [5.74, 6) is -0.236. The first-order valence-corrected chi connectivity index (χ1v) is 6.52. The van der Waals surface area contributed by atoms with Gasteiger partial charge in [-0.1, -0.05) is 12.1 Å². The van der Waals surface area contributed by atoms with Crippen LogP contribution in [0.1, 0.15) is 11.1 Å². The van der Waals surface area contributed by atoms with E-state index in [2.05, 4.69) is 15.4 Å². The predicted molar refractivity (Wildman–Crippen MR) is 80.9 cm³/mol. The van der Waals surface area contributed by atoms with Crippen LogP contribution in [-0.2, 0) is 11.3 Å². The molecule has 5 heteroatoms. The summed E-state index contributed by atoms with van der Waals surface area (Å²) in [4.78, 5) is 11.2. The molecule has 0 radical (unpaired) electrons. The Morgan fingerprint density at radius 3 is 2.67 bits per heavy atom. The predicted octanol–water partition coefficient (Wildman–Crippen LogP) is 3.92. The van der Waals surface area contributed by atoms with Crippen molar-refractivity contribution in [3.05, 3.63) is 59.4 Å². The summed E-state index contributed by atoms with van der Waals surface area (Å²) in [6, 6.07) is 12.0. The fourth-order valence-corrected chi connectivity index (χ4v) is 1.93. The molecule has 0 aliphatic carbocycles. The molecule has 0 aromatic heterocycles. The third-order valence-electron chi connectivity index (χ3n) is 3.08. The molecular formula is C16H17FN2O2. The SMILES string of the molecule is COC(=O)Nc1cccc(NCc2ccc(F)cc2C)c1. The molecular weight excluding hydrogens is 271 g/mol. The minimum Gasteiger partial charge on any atom is -0.453 e. The van der Waals surface area contributed by atoms with Crippen molar-refractivity contribution in [2.75, 3.05) is 17.7 Å². The molecule has 0 atom stereocenters. The van der Waals surface area contributed by atoms with Gasteiger partial charge in [0.2, 0.25) is 0 Å². The molecule has 2 aromatic rings. The quantitative estimate of drug-likeness (QED) is 0.896. The molecule has 2 aromatic carbocycles. The van der Waals surface area contributed by atoms with Gasteiger partial charge in [0.1, 0.15) is 5.82 Å². The highest BCUT2D eigenvalue weighted by Crippen LogP contribution is 2.17. The van der Waals surface area contributed by atoms with Crippen LogP contribution in [0.3, 0.4) is 0 Å². The number of nitrogens with one attached hydrogen (secondary N) is 2. The average Bonchev–Trinajstić information content (AvgIpc) is 2.46. The fourth-order valence-electron chi connectivity index (χ4n) is 1.93. The van der Waals surface area contributed by atoms with Crippen LogP contribution in [0.2, 0.25) is 0 Å². The maximum Gasteiger partial charge on any atom is 0.411 e. The highest BCUT2D eigenvalue weighted by molar-refractivity contribution is 5.85. The van der Waals surface area contributed by atoms with Gasteiger partial charge >= 0.3 is 6.09 Å². The summed E-state index contributed by atoms with van der Waals surface area (Å²) in [6.07, 6.45) is -0.512. The molecule has 0 aliphatic heterocycles. The van der Waals surface area contributed by atoms with Crippen LogP contribution in [0.4, 0.5) is 20.6 Å². The molecule has 0 fully saturated rings. The maximum atomic E-state index is 13.0. The lowest BCUT2D eigenvalue weighted by Gasteiger charge is -2.11. The van der Waals surface area contributed by atoms with E-state index in [0.29, 0.717) is 12.2 Å². The second-order valence-electron chi connectivity index (χ2n) is 4.62. The minimum absolute atomic E-state index is 0.236. The summed E-state index contributed by atoms with van der Waals surface area (Å²) in [6.45, 7) is 2.45. The molecule has 0 aliphatic rings. The lowest BCUT2D eigenvalue weighted by molar-refractivity contribution is 0.187. The lowest BCUT2D eigenvalue weighted by Crippen LogP contribution is -2.11. The zero-order chi connectivity index (χ0) is 15.2. The van der Waals surface area contributed by atoms with Gasteiger partial charge < -0.3 is 10.1 Å². The molecule has 0 unspecified atom stereocenters. The Balaban J connectivity index is 2.03. The molecule has 2 rings (SSSR count). The number of hydrogen-bond acceptors (Lipinski definition) is 3. The molecule has 1 amide bonds. The Morgan fingerprint density at radius 1 is 1.19 bits per heavy atom. The van der Waals surface area contributed by atoms with Crippen molar-refractivity contribution < 1.29 is 13.9 Å². The van der Waals surface area contributed by atoms with Crippen LogP contribution in [0.15, 0.2) is 42.5 Å². The van der Waals surface area contributed by atoms with E-state index in [1.807, 2.05) is 19.1 Å². The van der Waals surface area contributed by atoms with Gasteiger partial charge in [-0.15, -0.1) is 0 Å². The number of rotatable bonds is 4. The molecule has 0 bridgehead atoms. The van der Waals surface area contributed by atoms with Gasteiger partial charge in [0.15, 0.2) is 0 Å². The molecule has 0 heterocycles. The van der Waals surface area contributed by atoms with Gasteiger partial charge in [0.25, 0.3) is 0 Å². The first-order chi connectivity index (χ1) is 10.1. The first kappa shape index (κ1) is 14.8. The number of anilines is 2. The Labute approximate surface area is 122 Å². The molecule has 0 saturated carbocycles. The standard InChI is InChI=1S/C16H17FN2O2/c1-11-8-13(17)7-6-12(11)10-18-14-4-3-5-15(9-14)19-16(20)21-2/h3-9,18H,10H2,1-2H3,(H,19,20). The number of amides is 1. The van der Waals surface area contributed by atoms with Gasteiger partial charge in [-0.3, -0.25) is 5.32 Å². The minimum atomic E-state index is -0.512. The zero-order valence-electron chi connectivity index (χ0n) is 11.9. The van der Waals surface area contributed by atoms with Crippen LogP contribution >= 0.6 is 0 Å². The van der Waals surface area contributed by atoms with Gasteiger partial charge in [0, 0.05) is 17.9 Å². The van der Waals surface area contributed by atoms with E-state index in [1.165, 1.54) is 19.2 Å². The zero-order valence-corrected chi connectivity index (χ0v) is 11.9. The number of methoxy groups -OCH3 is 1. The second kappa shape index (κ2) is 6.74. The Bertz CT molecular complexity index is 644. The number of halogens is 1. The van der Waals surface area contributed by atoms with Crippen molar-refractivity contribution in [2.45, 2.75) is 13.5 Å². The third kappa shape index (κ3) is 4.21. The largest absolute Gasteiger partial charge is 0.453 e. The first-order valence-electron chi connectivity index (χ1n) is 6.52. The number of hydrogen-bond donors (Lipinski definition) is 2. The van der Waals surface area contributed by atoms with Crippen molar-refractivity contribution in [3.8, 4) is 0 Å². The summed E-state index contributed by atoms with van der Waals surface area (Å²) in [5.41, 5.74) is 3.41. The van der Waals surface area contributed by atoms with Crippen molar-refractivity contribution in [3.63, 3.8) is 0 Å². The molecule has 0 saturated heterocycles. The summed E-state index contributed by atoms with van der Waals surface area (Å²) in [5, 5.41) is 5.84. The normalized spacial score (nSPS) is 10.0. The van der Waals surface area contributed by atoms with Crippen molar-refractivity contribution >= 4 is 17.5 Å². The molecule has 0 spiro atoms. The number of benzene rings is 2. The van der Waals surface area contributed by atoms with Crippen molar-refractivity contribution in [1.29, 1.82) is 0 Å². The number of carbonyl (C=O) groups excluding carboxylic acids is 1. The van der Waals surface area contributed by atoms with Gasteiger partial charge in [0.05, 0.1) is 7.11 Å². The molecule has 4 nitrogen and oxygen atoms in total. The number of carbonyl (C=O) groups is 1. The lowest BCUT2D eigenvalue weighted by atomic mass is 10.1. The summed E-state index contributed by atoms with van der Waals surface area (Å²) in [7, 11) is 1.31. The highest BCUT2D eigenvalue weighted by Gasteiger charge is 2.03. The Morgan fingerprint density at radius 2 is 1.95 bits per heavy atom. The van der Waals surface area contributed by atoms with Crippen LogP contribution in [0, 0.1) is 12.7 Å². The summed E-state index contributed by atoms with van der Waals surface area (Å²) < 4.78 is 17.6. The van der Waals surface area contributed by atoms with Crippen LogP contribution in [0.5, 0.6) is 0 Å². The second-order valence-corrected chi connectivity index (χ2v) is 4.62. The van der Waals surface area contributed by atoms with E-state index in [4.69, 9.17) is 0 Å².